The van der Waals surface area contributed by atoms with E-state index in [0.717, 1.165) is 0 Å². The van der Waals surface area contributed by atoms with E-state index >= 15 is 0 Å². The first kappa shape index (κ1) is 22.5. The third kappa shape index (κ3) is 3580. The Morgan fingerprint density at radius 2 is 1.27 bits per heavy atom. The molecule has 0 aromatic heterocycles. The number of phosphoric acid groups is 1. The summed E-state index contributed by atoms with van der Waals surface area (Å²) in [6.07, 6.45) is 0. The van der Waals surface area contributed by atoms with Gasteiger partial charge < -0.3 is 16.1 Å². The minimum atomic E-state index is -4.64. The van der Waals surface area contributed by atoms with Gasteiger partial charge >= 0.3 is 26.7 Å². The van der Waals surface area contributed by atoms with E-state index in [0.29, 0.717) is 7.18 Å². The van der Waals surface area contributed by atoms with E-state index < -0.39 is 7.82 Å². The molecule has 11 heavy (non-hydrogen) atoms. The Kier molecular flexibility index (Phi) is 34.4. The summed E-state index contributed by atoms with van der Waals surface area (Å²) in [6.45, 7) is 0. The van der Waals surface area contributed by atoms with Crippen LogP contribution in [0.1, 0.15) is 1.43 Å². The Morgan fingerprint density at radius 1 is 1.27 bits per heavy atom. The van der Waals surface area contributed by atoms with Gasteiger partial charge in [-0.3, -0.25) is 4.39 Å². The maximum absolute atomic E-state index is 9.50. The zero-order valence-corrected chi connectivity index (χ0v) is 6.63. The van der Waals surface area contributed by atoms with Gasteiger partial charge in [0.15, 0.2) is 0 Å². The van der Waals surface area contributed by atoms with E-state index in [1.165, 1.54) is 5.15 Å². The van der Waals surface area contributed by atoms with Crippen LogP contribution >= 0.6 is 7.82 Å². The molecule has 0 radical (unpaired) electrons. The summed E-state index contributed by atoms with van der Waals surface area (Å²) in [5.74, 6) is 0. The van der Waals surface area contributed by atoms with Gasteiger partial charge in [0, 0.05) is 5.15 Å². The Labute approximate surface area is 73.9 Å². The van der Waals surface area contributed by atoms with Crippen molar-refractivity contribution in [2.75, 3.05) is 7.18 Å². The number of hydrogen-bond acceptors (Lipinski definition) is 2. The van der Waals surface area contributed by atoms with Crippen LogP contribution in [-0.2, 0) is 9.71 Å². The van der Waals surface area contributed by atoms with Crippen LogP contribution in [-0.4, -0.2) is 21.9 Å². The maximum Gasteiger partial charge on any atom is 1.00 e. The van der Waals surface area contributed by atoms with E-state index in [2.05, 4.69) is 0 Å². The van der Waals surface area contributed by atoms with Crippen LogP contribution in [0.5, 0.6) is 0 Å². The van der Waals surface area contributed by atoms with Gasteiger partial charge in [0.1, 0.15) is 0 Å². The van der Waals surface area contributed by atoms with E-state index in [4.69, 9.17) is 28.3 Å². The van der Waals surface area contributed by atoms with Gasteiger partial charge in [-0.2, -0.15) is 0 Å². The summed E-state index contributed by atoms with van der Waals surface area (Å²) >= 11 is 0. The van der Waals surface area contributed by atoms with Gasteiger partial charge in [-0.05, 0) is 9.05 Å². The molecular weight excluding hydrogens is 187 g/mol. The standard InChI is InChI=1S/CH3F.F2O.Li.H3O4P.H/c1-2;1-3-2;;1-5(2,3)4;/h1H3;;;(H3,1,2,3,4);/q;;+1;;-1. The molecule has 0 aromatic rings. The van der Waals surface area contributed by atoms with Crippen molar-refractivity contribution in [3.05, 3.63) is 0 Å². The Bertz CT molecular complexity index is 82.5. The fourth-order valence-electron chi connectivity index (χ4n) is 0. The molecule has 10 heteroatoms. The number of rotatable bonds is 0. The molecule has 5 nitrogen and oxygen atoms in total. The van der Waals surface area contributed by atoms with Crippen LogP contribution in [0.2, 0.25) is 0 Å². The Balaban J connectivity index is -0.0000000209. The quantitative estimate of drug-likeness (QED) is 0.294. The van der Waals surface area contributed by atoms with Gasteiger partial charge in [-0.15, -0.1) is 0 Å². The van der Waals surface area contributed by atoms with Crippen molar-refractivity contribution in [2.24, 2.45) is 0 Å². The molecule has 0 aliphatic carbocycles. The van der Waals surface area contributed by atoms with Crippen molar-refractivity contribution in [1.29, 1.82) is 0 Å². The van der Waals surface area contributed by atoms with Gasteiger partial charge in [0.2, 0.25) is 0 Å². The molecule has 0 saturated heterocycles. The second-order valence-electron chi connectivity index (χ2n) is 0.572. The van der Waals surface area contributed by atoms with E-state index in [1.54, 1.807) is 0 Å². The molecule has 68 valence electrons. The molecule has 3 N–H and O–H groups in total. The predicted octanol–water partition coefficient (Wildman–Crippen LogP) is -2.45. The molecule has 0 spiro atoms. The SMILES string of the molecule is CF.FOF.O=P(O)(O)O.[H-].[Li+]. The first-order valence-electron chi connectivity index (χ1n) is 1.47. The normalized spacial score (nSPS) is 7.55. The number of alkyl halides is 1. The molecule has 0 rings (SSSR count). The van der Waals surface area contributed by atoms with Crippen LogP contribution in [0, 0.1) is 0 Å². The molecule has 0 atom stereocenters. The third-order valence-corrected chi connectivity index (χ3v) is 0. The van der Waals surface area contributed by atoms with Crippen molar-refractivity contribution in [2.45, 2.75) is 0 Å². The fraction of sp³-hybridized carbons (Fsp3) is 1.00. The molecule has 0 aromatic carbocycles. The van der Waals surface area contributed by atoms with Crippen molar-refractivity contribution in [3.63, 3.8) is 0 Å². The average Bonchev–Trinajstić information content (AvgIpc) is 1.68. The topological polar surface area (TPSA) is 87.0 Å². The van der Waals surface area contributed by atoms with Crippen molar-refractivity contribution in [3.8, 4) is 0 Å². The minimum absolute atomic E-state index is 0. The number of hydrogen-bond donors (Lipinski definition) is 3. The van der Waals surface area contributed by atoms with Crippen molar-refractivity contribution >= 4 is 7.82 Å². The first-order chi connectivity index (χ1) is 4.41. The minimum Gasteiger partial charge on any atom is -1.00 e. The molecule has 0 fully saturated rings. The summed E-state index contributed by atoms with van der Waals surface area (Å²) in [5.41, 5.74) is 0. The zero-order chi connectivity index (χ0) is 9.21. The molecular formula is CH7F3LiO5P. The zero-order valence-electron chi connectivity index (χ0n) is 6.74. The van der Waals surface area contributed by atoms with Crippen LogP contribution in [0.25, 0.3) is 0 Å². The first-order valence-corrected chi connectivity index (χ1v) is 3.03. The maximum atomic E-state index is 9.50. The summed E-state index contributed by atoms with van der Waals surface area (Å²) in [4.78, 5) is 21.6. The summed E-state index contributed by atoms with van der Waals surface area (Å²) in [6, 6.07) is 0. The average molecular weight is 194 g/mol. The molecule has 0 saturated carbocycles. The largest absolute Gasteiger partial charge is 1.00 e. The summed E-state index contributed by atoms with van der Waals surface area (Å²) in [5, 5.41) is 1.25. The van der Waals surface area contributed by atoms with E-state index in [-0.39, 0.29) is 20.3 Å². The van der Waals surface area contributed by atoms with Crippen molar-refractivity contribution < 1.29 is 58.1 Å². The molecule has 0 aliphatic rings. The second-order valence-corrected chi connectivity index (χ2v) is 1.60. The summed E-state index contributed by atoms with van der Waals surface area (Å²) < 4.78 is 36.6. The van der Waals surface area contributed by atoms with Crippen LogP contribution in [0.3, 0.4) is 0 Å². The van der Waals surface area contributed by atoms with Gasteiger partial charge in [-0.25, -0.2) is 4.57 Å². The Morgan fingerprint density at radius 3 is 1.27 bits per heavy atom. The molecule has 0 bridgehead atoms. The van der Waals surface area contributed by atoms with Gasteiger partial charge in [0.05, 0.1) is 7.18 Å². The van der Waals surface area contributed by atoms with Crippen LogP contribution in [0.4, 0.5) is 13.4 Å². The second kappa shape index (κ2) is 16.8. The van der Waals surface area contributed by atoms with Crippen LogP contribution < -0.4 is 18.9 Å². The van der Waals surface area contributed by atoms with E-state index in [9.17, 15) is 4.39 Å². The summed E-state index contributed by atoms with van der Waals surface area (Å²) in [7, 11) is -4.14. The monoisotopic (exact) mass is 194 g/mol. The third-order valence-electron chi connectivity index (χ3n) is 0. The van der Waals surface area contributed by atoms with E-state index in [1.807, 2.05) is 0 Å². The predicted molar refractivity (Wildman–Crippen MR) is 25.7 cm³/mol. The molecule has 0 aliphatic heterocycles. The number of halogens is 3. The molecule has 0 amide bonds. The molecule has 0 unspecified atom stereocenters. The van der Waals surface area contributed by atoms with Gasteiger partial charge in [0.25, 0.3) is 0 Å². The Hall–Kier alpha value is 0.457. The van der Waals surface area contributed by atoms with Gasteiger partial charge in [-0.1, -0.05) is 0 Å². The smallest absolute Gasteiger partial charge is 1.00 e. The van der Waals surface area contributed by atoms with Crippen molar-refractivity contribution in [1.82, 2.24) is 0 Å². The fourth-order valence-corrected chi connectivity index (χ4v) is 0. The molecule has 0 heterocycles. The van der Waals surface area contributed by atoms with Crippen LogP contribution in [0.15, 0.2) is 0 Å².